The molecule has 1 aliphatic heterocycles. The van der Waals surface area contributed by atoms with Crippen LogP contribution in [0.3, 0.4) is 0 Å². The van der Waals surface area contributed by atoms with Gasteiger partial charge in [-0.1, -0.05) is 30.3 Å². The Balaban J connectivity index is 1.68. The molecule has 2 aromatic carbocycles. The molecule has 0 spiro atoms. The molecule has 6 nitrogen and oxygen atoms in total. The van der Waals surface area contributed by atoms with Gasteiger partial charge in [0.1, 0.15) is 0 Å². The zero-order valence-electron chi connectivity index (χ0n) is 14.6. The second-order valence-electron chi connectivity index (χ2n) is 6.32. The number of ketones is 1. The number of amides is 2. The summed E-state index contributed by atoms with van der Waals surface area (Å²) in [4.78, 5) is 25.4. The molecule has 26 heavy (non-hydrogen) atoms. The lowest BCUT2D eigenvalue weighted by atomic mass is 10.0. The van der Waals surface area contributed by atoms with Gasteiger partial charge in [-0.15, -0.1) is 0 Å². The fourth-order valence-corrected chi connectivity index (χ4v) is 2.84. The van der Waals surface area contributed by atoms with E-state index in [0.717, 1.165) is 11.1 Å². The molecule has 0 radical (unpaired) electrons. The summed E-state index contributed by atoms with van der Waals surface area (Å²) >= 11 is 0. The Hall–Kier alpha value is -2.70. The lowest BCUT2D eigenvalue weighted by Crippen LogP contribution is -2.40. The number of benzene rings is 2. The highest BCUT2D eigenvalue weighted by atomic mass is 16.5. The molecular formula is C20H22N2O4. The highest BCUT2D eigenvalue weighted by molar-refractivity contribution is 5.95. The quantitative estimate of drug-likeness (QED) is 0.831. The average Bonchev–Trinajstić information content (AvgIpc) is 2.87. The van der Waals surface area contributed by atoms with Crippen LogP contribution in [0.5, 0.6) is 0 Å². The number of aliphatic hydroxyl groups is 1. The maximum absolute atomic E-state index is 12.4. The van der Waals surface area contributed by atoms with E-state index in [4.69, 9.17) is 4.74 Å². The number of nitrogens with one attached hydrogen (secondary N) is 1. The molecule has 136 valence electrons. The summed E-state index contributed by atoms with van der Waals surface area (Å²) in [7, 11) is 0. The minimum absolute atomic E-state index is 0.0272. The van der Waals surface area contributed by atoms with E-state index in [9.17, 15) is 14.7 Å². The molecule has 1 unspecified atom stereocenters. The third-order valence-electron chi connectivity index (χ3n) is 4.27. The van der Waals surface area contributed by atoms with E-state index in [-0.39, 0.29) is 25.0 Å². The van der Waals surface area contributed by atoms with Crippen molar-refractivity contribution < 1.29 is 19.4 Å². The van der Waals surface area contributed by atoms with E-state index < -0.39 is 6.10 Å². The molecule has 6 heteroatoms. The van der Waals surface area contributed by atoms with Gasteiger partial charge in [0, 0.05) is 17.8 Å². The SMILES string of the molecule is CC(=O)c1cccc(-c2ccc(NC(=O)N3CCOCC(O)C3)cc2)c1. The molecule has 0 aliphatic carbocycles. The van der Waals surface area contributed by atoms with Crippen molar-refractivity contribution in [1.82, 2.24) is 4.90 Å². The van der Waals surface area contributed by atoms with E-state index >= 15 is 0 Å². The summed E-state index contributed by atoms with van der Waals surface area (Å²) in [5.74, 6) is 0.0272. The average molecular weight is 354 g/mol. The first-order valence-corrected chi connectivity index (χ1v) is 8.56. The van der Waals surface area contributed by atoms with Crippen LogP contribution in [-0.4, -0.2) is 54.2 Å². The number of ether oxygens (including phenoxy) is 1. The van der Waals surface area contributed by atoms with E-state index in [0.29, 0.717) is 24.4 Å². The van der Waals surface area contributed by atoms with Crippen LogP contribution < -0.4 is 5.32 Å². The highest BCUT2D eigenvalue weighted by Crippen LogP contribution is 2.23. The van der Waals surface area contributed by atoms with Gasteiger partial charge >= 0.3 is 6.03 Å². The number of hydrogen-bond donors (Lipinski definition) is 2. The summed E-state index contributed by atoms with van der Waals surface area (Å²) in [6, 6.07) is 14.6. The number of urea groups is 1. The van der Waals surface area contributed by atoms with Crippen LogP contribution in [0.4, 0.5) is 10.5 Å². The number of Topliss-reactive ketones (excluding diaryl/α,β-unsaturated/α-hetero) is 1. The van der Waals surface area contributed by atoms with Crippen molar-refractivity contribution in [2.24, 2.45) is 0 Å². The monoisotopic (exact) mass is 354 g/mol. The van der Waals surface area contributed by atoms with Crippen molar-refractivity contribution in [2.75, 3.05) is 31.6 Å². The number of carbonyl (C=O) groups is 2. The van der Waals surface area contributed by atoms with E-state index in [2.05, 4.69) is 5.32 Å². The summed E-state index contributed by atoms with van der Waals surface area (Å²) in [6.45, 7) is 2.90. The largest absolute Gasteiger partial charge is 0.389 e. The number of anilines is 1. The van der Waals surface area contributed by atoms with Gasteiger partial charge in [0.25, 0.3) is 0 Å². The maximum atomic E-state index is 12.4. The van der Waals surface area contributed by atoms with Crippen molar-refractivity contribution in [1.29, 1.82) is 0 Å². The molecule has 3 rings (SSSR count). The molecule has 2 aromatic rings. The van der Waals surface area contributed by atoms with Crippen LogP contribution in [0.2, 0.25) is 0 Å². The van der Waals surface area contributed by atoms with Crippen LogP contribution in [-0.2, 0) is 4.74 Å². The minimum Gasteiger partial charge on any atom is -0.389 e. The number of rotatable bonds is 3. The molecule has 0 saturated carbocycles. The van der Waals surface area contributed by atoms with Crippen LogP contribution in [0.15, 0.2) is 48.5 Å². The first kappa shape index (κ1) is 18.1. The second kappa shape index (κ2) is 8.12. The third-order valence-corrected chi connectivity index (χ3v) is 4.27. The Morgan fingerprint density at radius 1 is 1.15 bits per heavy atom. The van der Waals surface area contributed by atoms with Crippen LogP contribution in [0.25, 0.3) is 11.1 Å². The minimum atomic E-state index is -0.667. The number of nitrogens with zero attached hydrogens (tertiary/aromatic N) is 1. The van der Waals surface area contributed by atoms with Gasteiger partial charge in [-0.2, -0.15) is 0 Å². The van der Waals surface area contributed by atoms with Gasteiger partial charge < -0.3 is 20.1 Å². The van der Waals surface area contributed by atoms with Crippen LogP contribution in [0, 0.1) is 0 Å². The predicted molar refractivity (Wildman–Crippen MR) is 99.3 cm³/mol. The standard InChI is InChI=1S/C20H22N2O4/c1-14(23)16-3-2-4-17(11-16)15-5-7-18(8-6-15)21-20(25)22-9-10-26-13-19(24)12-22/h2-8,11,19,24H,9-10,12-13H2,1H3,(H,21,25). The Morgan fingerprint density at radius 2 is 1.92 bits per heavy atom. The van der Waals surface area contributed by atoms with Gasteiger partial charge in [0.15, 0.2) is 5.78 Å². The molecule has 2 amide bonds. The lowest BCUT2D eigenvalue weighted by molar-refractivity contribution is 0.0575. The van der Waals surface area contributed by atoms with Gasteiger partial charge in [-0.05, 0) is 36.2 Å². The number of aliphatic hydroxyl groups excluding tert-OH is 1. The maximum Gasteiger partial charge on any atom is 0.322 e. The Labute approximate surface area is 152 Å². The fourth-order valence-electron chi connectivity index (χ4n) is 2.84. The van der Waals surface area contributed by atoms with Gasteiger partial charge in [-0.25, -0.2) is 4.79 Å². The second-order valence-corrected chi connectivity index (χ2v) is 6.32. The zero-order valence-corrected chi connectivity index (χ0v) is 14.6. The highest BCUT2D eigenvalue weighted by Gasteiger charge is 2.20. The molecule has 1 atom stereocenters. The van der Waals surface area contributed by atoms with Crippen molar-refractivity contribution in [3.63, 3.8) is 0 Å². The molecule has 2 N–H and O–H groups in total. The van der Waals surface area contributed by atoms with E-state index in [1.54, 1.807) is 17.9 Å². The van der Waals surface area contributed by atoms with Gasteiger partial charge in [0.2, 0.25) is 0 Å². The normalized spacial score (nSPS) is 17.5. The predicted octanol–water partition coefficient (Wildman–Crippen LogP) is 2.78. The summed E-state index contributed by atoms with van der Waals surface area (Å²) < 4.78 is 5.23. The molecule has 1 fully saturated rings. The van der Waals surface area contributed by atoms with Gasteiger partial charge in [-0.3, -0.25) is 4.79 Å². The first-order chi connectivity index (χ1) is 12.5. The van der Waals surface area contributed by atoms with Gasteiger partial charge in [0.05, 0.1) is 25.9 Å². The summed E-state index contributed by atoms with van der Waals surface area (Å²) in [5.41, 5.74) is 3.25. The zero-order chi connectivity index (χ0) is 18.5. The van der Waals surface area contributed by atoms with E-state index in [1.165, 1.54) is 0 Å². The molecule has 1 saturated heterocycles. The summed E-state index contributed by atoms with van der Waals surface area (Å²) in [6.07, 6.45) is -0.667. The Morgan fingerprint density at radius 3 is 2.65 bits per heavy atom. The third kappa shape index (κ3) is 4.47. The Kier molecular flexibility index (Phi) is 5.65. The van der Waals surface area contributed by atoms with Crippen LogP contribution in [0.1, 0.15) is 17.3 Å². The fraction of sp³-hybridized carbons (Fsp3) is 0.300. The van der Waals surface area contributed by atoms with Crippen molar-refractivity contribution in [3.05, 3.63) is 54.1 Å². The number of hydrogen-bond acceptors (Lipinski definition) is 4. The summed E-state index contributed by atoms with van der Waals surface area (Å²) in [5, 5.41) is 12.6. The molecular weight excluding hydrogens is 332 g/mol. The topological polar surface area (TPSA) is 78.9 Å². The van der Waals surface area contributed by atoms with Crippen molar-refractivity contribution in [3.8, 4) is 11.1 Å². The lowest BCUT2D eigenvalue weighted by Gasteiger charge is -2.21. The van der Waals surface area contributed by atoms with Crippen molar-refractivity contribution >= 4 is 17.5 Å². The molecule has 0 aromatic heterocycles. The van der Waals surface area contributed by atoms with Crippen molar-refractivity contribution in [2.45, 2.75) is 13.0 Å². The van der Waals surface area contributed by atoms with E-state index in [1.807, 2.05) is 42.5 Å². The molecule has 0 bridgehead atoms. The molecule has 1 heterocycles. The Bertz CT molecular complexity index is 789. The van der Waals surface area contributed by atoms with Crippen LogP contribution >= 0.6 is 0 Å². The smallest absolute Gasteiger partial charge is 0.322 e. The molecule has 1 aliphatic rings. The first-order valence-electron chi connectivity index (χ1n) is 8.56. The number of β-amino-alcohol motifs (C(OH)–C–C–N with tert-alkyl or cyclic N) is 1. The number of carbonyl (C=O) groups excluding carboxylic acids is 2.